The number of benzene rings is 1. The molecule has 1 amide bonds. The van der Waals surface area contributed by atoms with Crippen LogP contribution in [-0.2, 0) is 16.6 Å². The zero-order valence-corrected chi connectivity index (χ0v) is 20.8. The molecule has 0 saturated carbocycles. The van der Waals surface area contributed by atoms with Crippen molar-refractivity contribution >= 4 is 33.4 Å². The molecule has 0 radical (unpaired) electrons. The summed E-state index contributed by atoms with van der Waals surface area (Å²) in [5.74, 6) is 2.27. The summed E-state index contributed by atoms with van der Waals surface area (Å²) in [4.78, 5) is 17.0. The van der Waals surface area contributed by atoms with E-state index >= 15 is 0 Å². The maximum absolute atomic E-state index is 13.6. The van der Waals surface area contributed by atoms with Gasteiger partial charge in [0.1, 0.15) is 5.75 Å². The van der Waals surface area contributed by atoms with Crippen molar-refractivity contribution in [2.24, 2.45) is 0 Å². The average molecular weight is 494 g/mol. The van der Waals surface area contributed by atoms with Crippen LogP contribution in [0.5, 0.6) is 5.75 Å². The fourth-order valence-corrected chi connectivity index (χ4v) is 6.54. The van der Waals surface area contributed by atoms with Gasteiger partial charge in [0, 0.05) is 63.5 Å². The van der Waals surface area contributed by atoms with E-state index in [0.717, 1.165) is 22.9 Å². The normalized spacial score (nSPS) is 17.9. The highest BCUT2D eigenvalue weighted by atomic mass is 32.2. The molecular formula is C22H31N5O4S2. The van der Waals surface area contributed by atoms with Crippen molar-refractivity contribution in [3.8, 4) is 5.75 Å². The molecule has 0 bridgehead atoms. The predicted octanol–water partition coefficient (Wildman–Crippen LogP) is 2.00. The first kappa shape index (κ1) is 23.9. The standard InChI is InChI=1S/C22H31N5O4S2/c1-3-26-17-18(22(28)25-13-15-32-16-14-25)21(23-26)33(29,30)27-11-9-24(10-12-27)19-7-5-6-8-20(19)31-4-2/h5-8,17H,3-4,9-16H2,1-2H3. The van der Waals surface area contributed by atoms with Crippen LogP contribution in [0.4, 0.5) is 5.69 Å². The number of carbonyl (C=O) groups excluding carboxylic acids is 1. The third-order valence-corrected chi connectivity index (χ3v) is 8.69. The predicted molar refractivity (Wildman–Crippen MR) is 130 cm³/mol. The fourth-order valence-electron chi connectivity index (χ4n) is 4.13. The largest absolute Gasteiger partial charge is 0.492 e. The molecular weight excluding hydrogens is 462 g/mol. The molecule has 0 spiro atoms. The number of para-hydroxylation sites is 2. The SMILES string of the molecule is CCOc1ccccc1N1CCN(S(=O)(=O)c2nn(CC)cc2C(=O)N2CCSCC2)CC1. The molecule has 11 heteroatoms. The van der Waals surface area contributed by atoms with Crippen LogP contribution in [0.2, 0.25) is 0 Å². The van der Waals surface area contributed by atoms with Gasteiger partial charge in [0.2, 0.25) is 5.03 Å². The number of sulfonamides is 1. The zero-order chi connectivity index (χ0) is 23.4. The van der Waals surface area contributed by atoms with E-state index in [1.165, 1.54) is 8.99 Å². The van der Waals surface area contributed by atoms with E-state index in [1.807, 2.05) is 38.1 Å². The minimum Gasteiger partial charge on any atom is -0.492 e. The number of piperazine rings is 1. The van der Waals surface area contributed by atoms with E-state index in [2.05, 4.69) is 10.00 Å². The van der Waals surface area contributed by atoms with Crippen molar-refractivity contribution in [3.63, 3.8) is 0 Å². The number of anilines is 1. The van der Waals surface area contributed by atoms with Crippen LogP contribution in [0.3, 0.4) is 0 Å². The van der Waals surface area contributed by atoms with Crippen LogP contribution in [0.25, 0.3) is 0 Å². The third-order valence-electron chi connectivity index (χ3n) is 5.91. The van der Waals surface area contributed by atoms with Crippen molar-refractivity contribution in [2.75, 3.05) is 62.3 Å². The molecule has 0 atom stereocenters. The minimum absolute atomic E-state index is 0.129. The summed E-state index contributed by atoms with van der Waals surface area (Å²) in [6, 6.07) is 7.80. The van der Waals surface area contributed by atoms with Gasteiger partial charge in [-0.25, -0.2) is 8.42 Å². The van der Waals surface area contributed by atoms with Gasteiger partial charge in [0.05, 0.1) is 17.9 Å². The number of aromatic nitrogens is 2. The Labute approximate surface area is 199 Å². The topological polar surface area (TPSA) is 88.0 Å². The van der Waals surface area contributed by atoms with Gasteiger partial charge in [-0.15, -0.1) is 0 Å². The van der Waals surface area contributed by atoms with Crippen molar-refractivity contribution in [1.29, 1.82) is 0 Å². The molecule has 2 saturated heterocycles. The summed E-state index contributed by atoms with van der Waals surface area (Å²) in [7, 11) is -3.90. The fraction of sp³-hybridized carbons (Fsp3) is 0.545. The van der Waals surface area contributed by atoms with Gasteiger partial charge in [0.15, 0.2) is 0 Å². The lowest BCUT2D eigenvalue weighted by Crippen LogP contribution is -2.49. The molecule has 180 valence electrons. The Kier molecular flexibility index (Phi) is 7.50. The number of hydrogen-bond acceptors (Lipinski definition) is 7. The number of carbonyl (C=O) groups is 1. The molecule has 0 unspecified atom stereocenters. The van der Waals surface area contributed by atoms with Gasteiger partial charge < -0.3 is 14.5 Å². The van der Waals surface area contributed by atoms with Crippen LogP contribution in [0, 0.1) is 0 Å². The molecule has 2 aliphatic heterocycles. The summed E-state index contributed by atoms with van der Waals surface area (Å²) in [5.41, 5.74) is 1.14. The van der Waals surface area contributed by atoms with Crippen molar-refractivity contribution < 1.29 is 17.9 Å². The van der Waals surface area contributed by atoms with Crippen LogP contribution in [-0.4, -0.2) is 90.7 Å². The molecule has 4 rings (SSSR count). The maximum atomic E-state index is 13.6. The van der Waals surface area contributed by atoms with E-state index in [9.17, 15) is 13.2 Å². The lowest BCUT2D eigenvalue weighted by molar-refractivity contribution is 0.0768. The van der Waals surface area contributed by atoms with Crippen LogP contribution in [0.15, 0.2) is 35.5 Å². The molecule has 1 aromatic carbocycles. The van der Waals surface area contributed by atoms with E-state index in [-0.39, 0.29) is 16.5 Å². The lowest BCUT2D eigenvalue weighted by Gasteiger charge is -2.35. The quantitative estimate of drug-likeness (QED) is 0.583. The smallest absolute Gasteiger partial charge is 0.263 e. The summed E-state index contributed by atoms with van der Waals surface area (Å²) in [6.07, 6.45) is 1.57. The summed E-state index contributed by atoms with van der Waals surface area (Å²) < 4.78 is 35.9. The summed E-state index contributed by atoms with van der Waals surface area (Å²) in [5, 5.41) is 4.18. The van der Waals surface area contributed by atoms with Gasteiger partial charge >= 0.3 is 0 Å². The Morgan fingerprint density at radius 3 is 2.42 bits per heavy atom. The molecule has 1 aromatic heterocycles. The molecule has 9 nitrogen and oxygen atoms in total. The Morgan fingerprint density at radius 1 is 1.06 bits per heavy atom. The minimum atomic E-state index is -3.90. The van der Waals surface area contributed by atoms with Crippen molar-refractivity contribution in [2.45, 2.75) is 25.4 Å². The Balaban J connectivity index is 1.54. The zero-order valence-electron chi connectivity index (χ0n) is 19.1. The number of ether oxygens (including phenoxy) is 1. The third kappa shape index (κ3) is 4.99. The molecule has 2 aromatic rings. The van der Waals surface area contributed by atoms with E-state index in [0.29, 0.717) is 52.4 Å². The number of hydrogen-bond donors (Lipinski definition) is 0. The van der Waals surface area contributed by atoms with Gasteiger partial charge in [-0.05, 0) is 26.0 Å². The second kappa shape index (κ2) is 10.4. The summed E-state index contributed by atoms with van der Waals surface area (Å²) >= 11 is 1.80. The van der Waals surface area contributed by atoms with Gasteiger partial charge in [0.25, 0.3) is 15.9 Å². The Hall–Kier alpha value is -2.24. The van der Waals surface area contributed by atoms with Crippen LogP contribution < -0.4 is 9.64 Å². The maximum Gasteiger partial charge on any atom is 0.263 e. The first-order valence-corrected chi connectivity index (χ1v) is 14.0. The molecule has 0 aliphatic carbocycles. The number of thioether (sulfide) groups is 1. The van der Waals surface area contributed by atoms with E-state index in [4.69, 9.17) is 4.74 Å². The first-order chi connectivity index (χ1) is 16.0. The highest BCUT2D eigenvalue weighted by Crippen LogP contribution is 2.30. The van der Waals surface area contributed by atoms with Crippen LogP contribution in [0.1, 0.15) is 24.2 Å². The number of aryl methyl sites for hydroxylation is 1. The Bertz CT molecular complexity index is 1070. The number of nitrogens with zero attached hydrogens (tertiary/aromatic N) is 5. The lowest BCUT2D eigenvalue weighted by atomic mass is 10.2. The number of rotatable bonds is 7. The Morgan fingerprint density at radius 2 is 1.76 bits per heavy atom. The molecule has 0 N–H and O–H groups in total. The molecule has 33 heavy (non-hydrogen) atoms. The van der Waals surface area contributed by atoms with Crippen LogP contribution >= 0.6 is 11.8 Å². The second-order valence-corrected chi connectivity index (χ2v) is 11.0. The monoisotopic (exact) mass is 493 g/mol. The molecule has 3 heterocycles. The van der Waals surface area contributed by atoms with Crippen molar-refractivity contribution in [1.82, 2.24) is 19.0 Å². The van der Waals surface area contributed by atoms with Gasteiger partial charge in [-0.2, -0.15) is 21.2 Å². The molecule has 2 aliphatic rings. The average Bonchev–Trinajstić information content (AvgIpc) is 3.30. The second-order valence-electron chi connectivity index (χ2n) is 7.90. The molecule has 2 fully saturated rings. The number of amides is 1. The highest BCUT2D eigenvalue weighted by Gasteiger charge is 2.36. The van der Waals surface area contributed by atoms with Gasteiger partial charge in [-0.3, -0.25) is 9.48 Å². The van der Waals surface area contributed by atoms with Gasteiger partial charge in [-0.1, -0.05) is 12.1 Å². The highest BCUT2D eigenvalue weighted by molar-refractivity contribution is 7.99. The van der Waals surface area contributed by atoms with Crippen molar-refractivity contribution in [3.05, 3.63) is 36.0 Å². The van der Waals surface area contributed by atoms with E-state index in [1.54, 1.807) is 22.9 Å². The summed E-state index contributed by atoms with van der Waals surface area (Å²) in [6.45, 7) is 7.82. The first-order valence-electron chi connectivity index (χ1n) is 11.4. The van der Waals surface area contributed by atoms with E-state index < -0.39 is 10.0 Å².